The molecule has 5 heteroatoms. The third-order valence-corrected chi connectivity index (χ3v) is 5.56. The summed E-state index contributed by atoms with van der Waals surface area (Å²) in [4.78, 5) is 0. The number of rotatable bonds is 19. The van der Waals surface area contributed by atoms with Crippen molar-refractivity contribution in [3.63, 3.8) is 0 Å². The van der Waals surface area contributed by atoms with Gasteiger partial charge in [0.15, 0.2) is 0 Å². The quantitative estimate of drug-likeness (QED) is 0.162. The van der Waals surface area contributed by atoms with Gasteiger partial charge in [0.2, 0.25) is 0 Å². The average Bonchev–Trinajstić information content (AvgIpc) is 2.52. The van der Waals surface area contributed by atoms with E-state index in [1.165, 1.54) is 96.3 Å². The van der Waals surface area contributed by atoms with E-state index in [2.05, 4.69) is 6.92 Å². The van der Waals surface area contributed by atoms with Crippen molar-refractivity contribution in [1.29, 1.82) is 0 Å². The third kappa shape index (κ3) is 27.2. The predicted octanol–water partition coefficient (Wildman–Crippen LogP) is 6.27. The van der Waals surface area contributed by atoms with Crippen LogP contribution in [0.15, 0.2) is 0 Å². The molecule has 0 aromatic heterocycles. The van der Waals surface area contributed by atoms with Crippen LogP contribution in [0.25, 0.3) is 0 Å². The van der Waals surface area contributed by atoms with E-state index in [1.54, 1.807) is 0 Å². The van der Waals surface area contributed by atoms with Gasteiger partial charge in [0, 0.05) is 0 Å². The minimum absolute atomic E-state index is 0. The summed E-state index contributed by atoms with van der Waals surface area (Å²) in [6.45, 7) is 2.27. The van der Waals surface area contributed by atoms with E-state index < -0.39 is 10.1 Å². The van der Waals surface area contributed by atoms with Crippen LogP contribution in [0.2, 0.25) is 0 Å². The zero-order valence-electron chi connectivity index (χ0n) is 16.1. The van der Waals surface area contributed by atoms with Crippen LogP contribution in [0.4, 0.5) is 0 Å². The molecule has 0 atom stereocenters. The molecule has 0 saturated carbocycles. The molecule has 0 fully saturated rings. The Balaban J connectivity index is 0. The molecule has 0 aromatic rings. The Bertz CT molecular complexity index is 345. The predicted molar refractivity (Wildman–Crippen MR) is 112 cm³/mol. The van der Waals surface area contributed by atoms with Gasteiger partial charge in [-0.3, -0.25) is 4.55 Å². The van der Waals surface area contributed by atoms with Crippen LogP contribution >= 0.6 is 0 Å². The molecule has 0 spiro atoms. The van der Waals surface area contributed by atoms with E-state index in [9.17, 15) is 8.42 Å². The molecular formula is C20H43NaO3S. The summed E-state index contributed by atoms with van der Waals surface area (Å²) in [5, 5.41) is 0. The summed E-state index contributed by atoms with van der Waals surface area (Å²) in [6.07, 6.45) is 23.2. The van der Waals surface area contributed by atoms with Gasteiger partial charge in [-0.2, -0.15) is 8.42 Å². The summed E-state index contributed by atoms with van der Waals surface area (Å²) >= 11 is 0. The molecule has 148 valence electrons. The van der Waals surface area contributed by atoms with E-state index in [-0.39, 0.29) is 35.3 Å². The summed E-state index contributed by atoms with van der Waals surface area (Å²) in [7, 11) is -3.75. The molecule has 0 unspecified atom stereocenters. The van der Waals surface area contributed by atoms with Gasteiger partial charge in [-0.1, -0.05) is 116 Å². The van der Waals surface area contributed by atoms with Gasteiger partial charge in [-0.25, -0.2) is 0 Å². The standard InChI is InChI=1S/C20H42O3S.Na.H/c1-2-3-4-5-6-7-8-9-10-11-12-13-14-15-16-17-18-19-20-24(21,22)23;;/h2-20H2,1H3,(H,21,22,23);;. The van der Waals surface area contributed by atoms with Crippen molar-refractivity contribution in [1.82, 2.24) is 0 Å². The molecular weight excluding hydrogens is 343 g/mol. The zero-order valence-corrected chi connectivity index (χ0v) is 16.9. The first-order valence-electron chi connectivity index (χ1n) is 10.5. The second kappa shape index (κ2) is 21.2. The Morgan fingerprint density at radius 3 is 1.00 bits per heavy atom. The fraction of sp³-hybridized carbons (Fsp3) is 1.00. The molecule has 3 nitrogen and oxygen atoms in total. The van der Waals surface area contributed by atoms with Gasteiger partial charge in [-0.05, 0) is 6.42 Å². The molecule has 0 aliphatic carbocycles. The fourth-order valence-electron chi connectivity index (χ4n) is 3.19. The SMILES string of the molecule is CCCCCCCCCCCCCCCCCCCCS(=O)(=O)O.[NaH]. The molecule has 0 aliphatic rings. The maximum atomic E-state index is 10.6. The Morgan fingerprint density at radius 1 is 0.520 bits per heavy atom. The number of hydrogen-bond donors (Lipinski definition) is 1. The van der Waals surface area contributed by atoms with Crippen molar-refractivity contribution in [2.24, 2.45) is 0 Å². The molecule has 1 N–H and O–H groups in total. The van der Waals surface area contributed by atoms with Crippen LogP contribution < -0.4 is 0 Å². The second-order valence-corrected chi connectivity index (χ2v) is 8.87. The van der Waals surface area contributed by atoms with Gasteiger partial charge in [0.1, 0.15) is 0 Å². The summed E-state index contributed by atoms with van der Waals surface area (Å²) in [6, 6.07) is 0. The fourth-order valence-corrected chi connectivity index (χ4v) is 3.76. The first-order chi connectivity index (χ1) is 11.6. The van der Waals surface area contributed by atoms with Crippen LogP contribution in [-0.4, -0.2) is 48.3 Å². The molecule has 0 heterocycles. The molecule has 25 heavy (non-hydrogen) atoms. The Hall–Kier alpha value is 0.910. The summed E-state index contributed by atoms with van der Waals surface area (Å²) in [5.41, 5.74) is 0. The van der Waals surface area contributed by atoms with Crippen LogP contribution in [0.3, 0.4) is 0 Å². The Morgan fingerprint density at radius 2 is 0.760 bits per heavy atom. The van der Waals surface area contributed by atoms with Gasteiger partial charge >= 0.3 is 29.6 Å². The van der Waals surface area contributed by atoms with Crippen molar-refractivity contribution in [2.45, 2.75) is 122 Å². The molecule has 0 aromatic carbocycles. The topological polar surface area (TPSA) is 54.4 Å². The summed E-state index contributed by atoms with van der Waals surface area (Å²) in [5.74, 6) is -0.0776. The van der Waals surface area contributed by atoms with E-state index in [0.717, 1.165) is 12.8 Å². The van der Waals surface area contributed by atoms with Crippen molar-refractivity contribution < 1.29 is 13.0 Å². The molecule has 0 saturated heterocycles. The van der Waals surface area contributed by atoms with Crippen molar-refractivity contribution in [3.05, 3.63) is 0 Å². The van der Waals surface area contributed by atoms with Crippen molar-refractivity contribution in [2.75, 3.05) is 5.75 Å². The first-order valence-corrected chi connectivity index (χ1v) is 12.1. The van der Waals surface area contributed by atoms with E-state index >= 15 is 0 Å². The molecule has 0 amide bonds. The summed E-state index contributed by atoms with van der Waals surface area (Å²) < 4.78 is 29.7. The molecule has 0 aliphatic heterocycles. The second-order valence-electron chi connectivity index (χ2n) is 7.30. The zero-order chi connectivity index (χ0) is 17.9. The average molecular weight is 387 g/mol. The third-order valence-electron chi connectivity index (χ3n) is 4.76. The number of hydrogen-bond acceptors (Lipinski definition) is 2. The Labute approximate surface area is 180 Å². The van der Waals surface area contributed by atoms with Gasteiger partial charge in [0.25, 0.3) is 10.1 Å². The van der Waals surface area contributed by atoms with Gasteiger partial charge in [-0.15, -0.1) is 0 Å². The Kier molecular flexibility index (Phi) is 23.9. The first kappa shape index (κ1) is 28.1. The van der Waals surface area contributed by atoms with Crippen LogP contribution in [0.1, 0.15) is 122 Å². The van der Waals surface area contributed by atoms with Gasteiger partial charge in [0.05, 0.1) is 5.75 Å². The van der Waals surface area contributed by atoms with Crippen molar-refractivity contribution in [3.8, 4) is 0 Å². The molecule has 0 radical (unpaired) electrons. The van der Waals surface area contributed by atoms with E-state index in [1.807, 2.05) is 0 Å². The van der Waals surface area contributed by atoms with Crippen LogP contribution in [0.5, 0.6) is 0 Å². The van der Waals surface area contributed by atoms with Crippen molar-refractivity contribution >= 4 is 39.7 Å². The monoisotopic (exact) mass is 386 g/mol. The normalized spacial score (nSPS) is 11.4. The molecule has 0 bridgehead atoms. The maximum absolute atomic E-state index is 10.6. The minimum atomic E-state index is -3.75. The molecule has 0 rings (SSSR count). The van der Waals surface area contributed by atoms with Crippen LogP contribution in [-0.2, 0) is 10.1 Å². The number of unbranched alkanes of at least 4 members (excludes halogenated alkanes) is 17. The van der Waals surface area contributed by atoms with E-state index in [4.69, 9.17) is 4.55 Å². The van der Waals surface area contributed by atoms with E-state index in [0.29, 0.717) is 6.42 Å². The van der Waals surface area contributed by atoms with Gasteiger partial charge < -0.3 is 0 Å². The van der Waals surface area contributed by atoms with Crippen LogP contribution in [0, 0.1) is 0 Å².